The Morgan fingerprint density at radius 2 is 1.79 bits per heavy atom. The first-order valence-electron chi connectivity index (χ1n) is 8.92. The van der Waals surface area contributed by atoms with E-state index < -0.39 is 0 Å². The Balaban J connectivity index is 1.72. The van der Waals surface area contributed by atoms with E-state index in [2.05, 4.69) is 5.10 Å². The van der Waals surface area contributed by atoms with E-state index in [4.69, 9.17) is 13.9 Å². The van der Waals surface area contributed by atoms with Gasteiger partial charge in [-0.05, 0) is 42.5 Å². The zero-order valence-electron chi connectivity index (χ0n) is 15.7. The van der Waals surface area contributed by atoms with Crippen LogP contribution in [-0.2, 0) is 0 Å². The summed E-state index contributed by atoms with van der Waals surface area (Å²) in [5, 5.41) is 6.14. The summed E-state index contributed by atoms with van der Waals surface area (Å²) in [6.07, 6.45) is 2.16. The zero-order valence-corrected chi connectivity index (χ0v) is 15.7. The number of amides is 1. The van der Waals surface area contributed by atoms with Gasteiger partial charge in [-0.1, -0.05) is 18.2 Å². The third-order valence-electron chi connectivity index (χ3n) is 4.71. The molecule has 6 nitrogen and oxygen atoms in total. The summed E-state index contributed by atoms with van der Waals surface area (Å²) in [6.45, 7) is 0. The summed E-state index contributed by atoms with van der Waals surface area (Å²) < 4.78 is 16.1. The van der Waals surface area contributed by atoms with Crippen molar-refractivity contribution in [3.8, 4) is 11.5 Å². The smallest absolute Gasteiger partial charge is 0.274 e. The molecule has 0 bridgehead atoms. The first-order chi connectivity index (χ1) is 13.7. The van der Waals surface area contributed by atoms with E-state index in [9.17, 15) is 4.79 Å². The van der Waals surface area contributed by atoms with E-state index in [1.807, 2.05) is 36.4 Å². The van der Waals surface area contributed by atoms with Crippen LogP contribution in [0.5, 0.6) is 11.5 Å². The minimum atomic E-state index is -0.310. The Bertz CT molecular complexity index is 1010. The highest BCUT2D eigenvalue weighted by molar-refractivity contribution is 6.05. The van der Waals surface area contributed by atoms with Crippen molar-refractivity contribution in [3.63, 3.8) is 0 Å². The SMILES string of the molecule is COc1cccc(C(=O)N2N=C(c3cccc(OC)c3)C[C@H]2c2ccco2)c1. The zero-order chi connectivity index (χ0) is 19.5. The Morgan fingerprint density at radius 3 is 2.50 bits per heavy atom. The highest BCUT2D eigenvalue weighted by Gasteiger charge is 2.35. The van der Waals surface area contributed by atoms with E-state index >= 15 is 0 Å². The first kappa shape index (κ1) is 17.9. The lowest BCUT2D eigenvalue weighted by Crippen LogP contribution is -2.26. The highest BCUT2D eigenvalue weighted by Crippen LogP contribution is 2.35. The van der Waals surface area contributed by atoms with Gasteiger partial charge in [-0.15, -0.1) is 0 Å². The molecular weight excluding hydrogens is 356 g/mol. The third kappa shape index (κ3) is 3.36. The fourth-order valence-corrected chi connectivity index (χ4v) is 3.27. The number of carbonyl (C=O) groups is 1. The maximum absolute atomic E-state index is 13.2. The van der Waals surface area contributed by atoms with Crippen molar-refractivity contribution < 1.29 is 18.7 Å². The molecular formula is C22H20N2O4. The lowest BCUT2D eigenvalue weighted by Gasteiger charge is -2.20. The molecule has 0 unspecified atom stereocenters. The van der Waals surface area contributed by atoms with Crippen LogP contribution in [0.1, 0.15) is 34.1 Å². The third-order valence-corrected chi connectivity index (χ3v) is 4.71. The largest absolute Gasteiger partial charge is 0.497 e. The number of hydrogen-bond donors (Lipinski definition) is 0. The quantitative estimate of drug-likeness (QED) is 0.666. The van der Waals surface area contributed by atoms with Crippen molar-refractivity contribution in [2.45, 2.75) is 12.5 Å². The molecule has 28 heavy (non-hydrogen) atoms. The minimum Gasteiger partial charge on any atom is -0.497 e. The maximum atomic E-state index is 13.2. The number of benzene rings is 2. The molecule has 2 aromatic carbocycles. The molecule has 0 spiro atoms. The van der Waals surface area contributed by atoms with Gasteiger partial charge in [-0.2, -0.15) is 5.10 Å². The van der Waals surface area contributed by atoms with E-state index in [1.54, 1.807) is 44.7 Å². The van der Waals surface area contributed by atoms with Crippen molar-refractivity contribution in [3.05, 3.63) is 83.8 Å². The van der Waals surface area contributed by atoms with Crippen LogP contribution in [-0.4, -0.2) is 30.8 Å². The van der Waals surface area contributed by atoms with Gasteiger partial charge >= 0.3 is 0 Å². The van der Waals surface area contributed by atoms with Gasteiger partial charge in [0.25, 0.3) is 5.91 Å². The monoisotopic (exact) mass is 376 g/mol. The van der Waals surface area contributed by atoms with E-state index in [-0.39, 0.29) is 11.9 Å². The van der Waals surface area contributed by atoms with Gasteiger partial charge in [-0.25, -0.2) is 5.01 Å². The lowest BCUT2D eigenvalue weighted by molar-refractivity contribution is 0.0692. The summed E-state index contributed by atoms with van der Waals surface area (Å²) in [7, 11) is 3.20. The lowest BCUT2D eigenvalue weighted by atomic mass is 10.0. The fraction of sp³-hybridized carbons (Fsp3) is 0.182. The standard InChI is InChI=1S/C22H20N2O4/c1-26-17-8-3-6-15(12-17)19-14-20(21-10-5-11-28-21)24(23-19)22(25)16-7-4-9-18(13-16)27-2/h3-13,20H,14H2,1-2H3/t20-/m0/s1. The Labute approximate surface area is 163 Å². The molecule has 0 saturated heterocycles. The van der Waals surface area contributed by atoms with Crippen molar-refractivity contribution in [1.29, 1.82) is 0 Å². The molecule has 0 N–H and O–H groups in total. The van der Waals surface area contributed by atoms with Crippen molar-refractivity contribution in [1.82, 2.24) is 5.01 Å². The number of ether oxygens (including phenoxy) is 2. The molecule has 142 valence electrons. The predicted octanol–water partition coefficient (Wildman–Crippen LogP) is 4.29. The second kappa shape index (κ2) is 7.60. The van der Waals surface area contributed by atoms with Crippen LogP contribution in [0, 0.1) is 0 Å². The molecule has 2 heterocycles. The number of methoxy groups -OCH3 is 2. The number of hydrogen-bond acceptors (Lipinski definition) is 5. The molecule has 1 aromatic heterocycles. The fourth-order valence-electron chi connectivity index (χ4n) is 3.27. The minimum absolute atomic E-state index is 0.210. The number of hydrazone groups is 1. The number of rotatable bonds is 5. The molecule has 0 saturated carbocycles. The van der Waals surface area contributed by atoms with Crippen LogP contribution in [0.4, 0.5) is 0 Å². The van der Waals surface area contributed by atoms with Crippen molar-refractivity contribution in [2.24, 2.45) is 5.10 Å². The Kier molecular flexibility index (Phi) is 4.85. The molecule has 0 aliphatic carbocycles. The van der Waals surface area contributed by atoms with Crippen molar-refractivity contribution >= 4 is 11.6 Å². The average Bonchev–Trinajstić information content (AvgIpc) is 3.43. The summed E-state index contributed by atoms with van der Waals surface area (Å²) in [5.41, 5.74) is 2.22. The van der Waals surface area contributed by atoms with Gasteiger partial charge in [0, 0.05) is 17.5 Å². The van der Waals surface area contributed by atoms with Gasteiger partial charge < -0.3 is 13.9 Å². The molecule has 4 rings (SSSR count). The van der Waals surface area contributed by atoms with E-state index in [0.717, 1.165) is 17.0 Å². The molecule has 0 radical (unpaired) electrons. The van der Waals surface area contributed by atoms with Gasteiger partial charge in [0.1, 0.15) is 23.3 Å². The molecule has 0 fully saturated rings. The van der Waals surface area contributed by atoms with Crippen LogP contribution >= 0.6 is 0 Å². The average molecular weight is 376 g/mol. The van der Waals surface area contributed by atoms with Crippen molar-refractivity contribution in [2.75, 3.05) is 14.2 Å². The predicted molar refractivity (Wildman–Crippen MR) is 105 cm³/mol. The summed E-state index contributed by atoms with van der Waals surface area (Å²) >= 11 is 0. The topological polar surface area (TPSA) is 64.3 Å². The Morgan fingerprint density at radius 1 is 1.04 bits per heavy atom. The van der Waals surface area contributed by atoms with Gasteiger partial charge in [0.2, 0.25) is 0 Å². The van der Waals surface area contributed by atoms with Crippen LogP contribution in [0.25, 0.3) is 0 Å². The number of carbonyl (C=O) groups excluding carboxylic acids is 1. The van der Waals surface area contributed by atoms with E-state index in [0.29, 0.717) is 23.5 Å². The first-order valence-corrected chi connectivity index (χ1v) is 8.92. The molecule has 1 atom stereocenters. The van der Waals surface area contributed by atoms with E-state index in [1.165, 1.54) is 5.01 Å². The second-order valence-corrected chi connectivity index (χ2v) is 6.40. The molecule has 1 aliphatic rings. The maximum Gasteiger partial charge on any atom is 0.274 e. The summed E-state index contributed by atoms with van der Waals surface area (Å²) in [6, 6.07) is 18.1. The summed E-state index contributed by atoms with van der Waals surface area (Å²) in [5.74, 6) is 1.85. The number of furan rings is 1. The Hall–Kier alpha value is -3.54. The van der Waals surface area contributed by atoms with Gasteiger partial charge in [-0.3, -0.25) is 4.79 Å². The molecule has 6 heteroatoms. The molecule has 3 aromatic rings. The van der Waals surface area contributed by atoms with Crippen LogP contribution in [0.2, 0.25) is 0 Å². The van der Waals surface area contributed by atoms with Gasteiger partial charge in [0.15, 0.2) is 0 Å². The molecule has 1 aliphatic heterocycles. The normalized spacial score (nSPS) is 16.0. The second-order valence-electron chi connectivity index (χ2n) is 6.40. The summed E-state index contributed by atoms with van der Waals surface area (Å²) in [4.78, 5) is 13.2. The van der Waals surface area contributed by atoms with Gasteiger partial charge in [0.05, 0.1) is 26.2 Å². The highest BCUT2D eigenvalue weighted by atomic mass is 16.5. The molecule has 1 amide bonds. The number of nitrogens with zero attached hydrogens (tertiary/aromatic N) is 2. The van der Waals surface area contributed by atoms with Crippen LogP contribution < -0.4 is 9.47 Å². The van der Waals surface area contributed by atoms with Crippen LogP contribution in [0.3, 0.4) is 0 Å². The van der Waals surface area contributed by atoms with Crippen LogP contribution in [0.15, 0.2) is 76.4 Å².